The number of carbonyl (C=O) groups excluding carboxylic acids is 1. The minimum atomic E-state index is -0.666. The zero-order valence-electron chi connectivity index (χ0n) is 13.6. The molecule has 0 aromatic carbocycles. The van der Waals surface area contributed by atoms with Crippen LogP contribution < -0.4 is 27.8 Å². The number of nitrogens with one attached hydrogen (secondary N) is 3. The van der Waals surface area contributed by atoms with Crippen LogP contribution in [0.1, 0.15) is 49.0 Å². The highest BCUT2D eigenvalue weighted by Crippen LogP contribution is 2.17. The molecule has 0 aliphatic rings. The number of nitrogens with two attached hydrogens (primary N) is 3. The summed E-state index contributed by atoms with van der Waals surface area (Å²) in [5.41, 5.74) is 16.3. The molecule has 24 heavy (non-hydrogen) atoms. The number of guanidine groups is 1. The second-order valence-corrected chi connectivity index (χ2v) is 5.66. The van der Waals surface area contributed by atoms with Crippen LogP contribution in [0.25, 0.3) is 0 Å². The SMILES string of the molecule is N=C(NCCCCCCCCN)NC(=O)c1nc(Cl)c(N)nc1N. The van der Waals surface area contributed by atoms with Gasteiger partial charge in [-0.2, -0.15) is 0 Å². The lowest BCUT2D eigenvalue weighted by molar-refractivity contribution is 0.0971. The first-order chi connectivity index (χ1) is 11.5. The number of nitrogen functional groups attached to an aromatic ring is 2. The van der Waals surface area contributed by atoms with Crippen LogP contribution in [0, 0.1) is 5.41 Å². The molecule has 0 bridgehead atoms. The monoisotopic (exact) mass is 356 g/mol. The molecule has 9 N–H and O–H groups in total. The van der Waals surface area contributed by atoms with Crippen molar-refractivity contribution in [3.05, 3.63) is 10.8 Å². The minimum Gasteiger partial charge on any atom is -0.382 e. The molecule has 0 unspecified atom stereocenters. The minimum absolute atomic E-state index is 0.0506. The highest BCUT2D eigenvalue weighted by Gasteiger charge is 2.16. The molecule has 0 saturated heterocycles. The van der Waals surface area contributed by atoms with Crippen LogP contribution in [0.5, 0.6) is 0 Å². The van der Waals surface area contributed by atoms with E-state index in [0.717, 1.165) is 38.6 Å². The lowest BCUT2D eigenvalue weighted by atomic mass is 10.1. The van der Waals surface area contributed by atoms with Crippen molar-refractivity contribution in [3.8, 4) is 0 Å². The number of anilines is 2. The van der Waals surface area contributed by atoms with Crippen molar-refractivity contribution < 1.29 is 4.79 Å². The Morgan fingerprint density at radius 3 is 2.33 bits per heavy atom. The Kier molecular flexibility index (Phi) is 8.80. The topological polar surface area (TPSA) is 169 Å². The van der Waals surface area contributed by atoms with E-state index in [1.807, 2.05) is 0 Å². The van der Waals surface area contributed by atoms with E-state index < -0.39 is 5.91 Å². The molecular formula is C14H25ClN8O. The van der Waals surface area contributed by atoms with Crippen LogP contribution in [0.2, 0.25) is 5.15 Å². The molecule has 1 amide bonds. The van der Waals surface area contributed by atoms with Gasteiger partial charge in [0, 0.05) is 6.54 Å². The van der Waals surface area contributed by atoms with E-state index in [-0.39, 0.29) is 28.4 Å². The highest BCUT2D eigenvalue weighted by molar-refractivity contribution is 6.31. The van der Waals surface area contributed by atoms with Gasteiger partial charge in [0.1, 0.15) is 0 Å². The van der Waals surface area contributed by atoms with Gasteiger partial charge >= 0.3 is 0 Å². The van der Waals surface area contributed by atoms with Gasteiger partial charge in [-0.25, -0.2) is 9.97 Å². The Balaban J connectivity index is 2.28. The number of halogens is 1. The van der Waals surface area contributed by atoms with Gasteiger partial charge in [0.15, 0.2) is 28.4 Å². The number of aromatic nitrogens is 2. The standard InChI is InChI=1S/C14H25ClN8O/c15-10-12(18)22-11(17)9(21-10)13(24)23-14(19)20-8-6-4-2-1-3-5-7-16/h1-8,16H2,(H4,17,18,22)(H3,19,20,23,24). The summed E-state index contributed by atoms with van der Waals surface area (Å²) < 4.78 is 0. The number of nitrogens with zero attached hydrogens (tertiary/aromatic N) is 2. The lowest BCUT2D eigenvalue weighted by Gasteiger charge is -2.10. The normalized spacial score (nSPS) is 10.4. The third kappa shape index (κ3) is 6.97. The molecule has 0 aliphatic heterocycles. The van der Waals surface area contributed by atoms with Gasteiger partial charge < -0.3 is 22.5 Å². The van der Waals surface area contributed by atoms with Crippen LogP contribution in [-0.4, -0.2) is 34.9 Å². The van der Waals surface area contributed by atoms with Crippen LogP contribution in [0.4, 0.5) is 11.6 Å². The van der Waals surface area contributed by atoms with E-state index in [2.05, 4.69) is 20.6 Å². The van der Waals surface area contributed by atoms with Crippen molar-refractivity contribution in [3.63, 3.8) is 0 Å². The molecule has 0 aliphatic carbocycles. The molecular weight excluding hydrogens is 332 g/mol. The maximum Gasteiger partial charge on any atom is 0.280 e. The molecule has 9 nitrogen and oxygen atoms in total. The summed E-state index contributed by atoms with van der Waals surface area (Å²) in [7, 11) is 0. The molecule has 1 aromatic rings. The van der Waals surface area contributed by atoms with Crippen LogP contribution >= 0.6 is 11.6 Å². The second kappa shape index (κ2) is 10.6. The number of hydrogen-bond donors (Lipinski definition) is 6. The molecule has 0 fully saturated rings. The number of rotatable bonds is 9. The molecule has 1 aromatic heterocycles. The van der Waals surface area contributed by atoms with Gasteiger partial charge in [-0.3, -0.25) is 15.5 Å². The molecule has 1 rings (SSSR count). The van der Waals surface area contributed by atoms with Gasteiger partial charge in [-0.05, 0) is 19.4 Å². The van der Waals surface area contributed by atoms with Crippen LogP contribution in [0.3, 0.4) is 0 Å². The number of carbonyl (C=O) groups is 1. The van der Waals surface area contributed by atoms with Gasteiger partial charge in [0.2, 0.25) is 0 Å². The van der Waals surface area contributed by atoms with Crippen molar-refractivity contribution >= 4 is 35.1 Å². The van der Waals surface area contributed by atoms with Crippen molar-refractivity contribution in [2.75, 3.05) is 24.6 Å². The Morgan fingerprint density at radius 2 is 1.67 bits per heavy atom. The third-order valence-corrected chi connectivity index (χ3v) is 3.57. The summed E-state index contributed by atoms with van der Waals surface area (Å²) >= 11 is 5.72. The number of hydrogen-bond acceptors (Lipinski definition) is 7. The van der Waals surface area contributed by atoms with E-state index in [0.29, 0.717) is 6.54 Å². The van der Waals surface area contributed by atoms with E-state index in [1.54, 1.807) is 0 Å². The number of unbranched alkanes of at least 4 members (excludes halogenated alkanes) is 5. The van der Waals surface area contributed by atoms with Crippen molar-refractivity contribution in [2.45, 2.75) is 38.5 Å². The van der Waals surface area contributed by atoms with Gasteiger partial charge in [0.05, 0.1) is 0 Å². The van der Waals surface area contributed by atoms with E-state index in [4.69, 9.17) is 34.2 Å². The molecule has 0 radical (unpaired) electrons. The Morgan fingerprint density at radius 1 is 1.04 bits per heavy atom. The fourth-order valence-corrected chi connectivity index (χ4v) is 2.14. The Labute approximate surface area is 146 Å². The molecule has 10 heteroatoms. The van der Waals surface area contributed by atoms with E-state index in [1.165, 1.54) is 6.42 Å². The quantitative estimate of drug-likeness (QED) is 0.216. The molecule has 134 valence electrons. The van der Waals surface area contributed by atoms with Crippen molar-refractivity contribution in [1.82, 2.24) is 20.6 Å². The van der Waals surface area contributed by atoms with Gasteiger partial charge in [0.25, 0.3) is 5.91 Å². The van der Waals surface area contributed by atoms with Crippen molar-refractivity contribution in [2.24, 2.45) is 5.73 Å². The fraction of sp³-hybridized carbons (Fsp3) is 0.571. The summed E-state index contributed by atoms with van der Waals surface area (Å²) in [6.45, 7) is 1.34. The van der Waals surface area contributed by atoms with Crippen LogP contribution in [-0.2, 0) is 0 Å². The Bertz CT molecular complexity index is 566. The maximum absolute atomic E-state index is 12.0. The van der Waals surface area contributed by atoms with Crippen molar-refractivity contribution in [1.29, 1.82) is 5.41 Å². The summed E-state index contributed by atoms with van der Waals surface area (Å²) in [6, 6.07) is 0. The first kappa shape index (κ1) is 19.9. The van der Waals surface area contributed by atoms with Crippen LogP contribution in [0.15, 0.2) is 0 Å². The molecule has 1 heterocycles. The predicted molar refractivity (Wildman–Crippen MR) is 95.8 cm³/mol. The lowest BCUT2D eigenvalue weighted by Crippen LogP contribution is -2.41. The summed E-state index contributed by atoms with van der Waals surface area (Å²) in [6.07, 6.45) is 6.50. The second-order valence-electron chi connectivity index (χ2n) is 5.30. The molecule has 0 saturated carbocycles. The summed E-state index contributed by atoms with van der Waals surface area (Å²) in [5, 5.41) is 12.8. The average molecular weight is 357 g/mol. The fourth-order valence-electron chi connectivity index (χ4n) is 2.02. The average Bonchev–Trinajstić information content (AvgIpc) is 2.53. The first-order valence-electron chi connectivity index (χ1n) is 7.88. The molecule has 0 atom stereocenters. The Hall–Kier alpha value is -2.13. The smallest absolute Gasteiger partial charge is 0.280 e. The third-order valence-electron chi connectivity index (χ3n) is 3.29. The van der Waals surface area contributed by atoms with Gasteiger partial charge in [-0.1, -0.05) is 37.3 Å². The summed E-state index contributed by atoms with van der Waals surface area (Å²) in [4.78, 5) is 19.5. The largest absolute Gasteiger partial charge is 0.382 e. The van der Waals surface area contributed by atoms with E-state index >= 15 is 0 Å². The van der Waals surface area contributed by atoms with Gasteiger partial charge in [-0.15, -0.1) is 0 Å². The number of amides is 1. The molecule has 0 spiro atoms. The predicted octanol–water partition coefficient (Wildman–Crippen LogP) is 0.848. The summed E-state index contributed by atoms with van der Waals surface area (Å²) in [5.74, 6) is -0.983. The first-order valence-corrected chi connectivity index (χ1v) is 8.25. The highest BCUT2D eigenvalue weighted by atomic mass is 35.5. The van der Waals surface area contributed by atoms with E-state index in [9.17, 15) is 4.79 Å². The zero-order chi connectivity index (χ0) is 17.9. The maximum atomic E-state index is 12.0. The zero-order valence-corrected chi connectivity index (χ0v) is 14.3.